The van der Waals surface area contributed by atoms with Crippen molar-refractivity contribution in [2.75, 3.05) is 26.8 Å². The van der Waals surface area contributed by atoms with Gasteiger partial charge in [0.25, 0.3) is 0 Å². The molecule has 0 fully saturated rings. The van der Waals surface area contributed by atoms with Crippen LogP contribution >= 0.6 is 0 Å². The second-order valence-electron chi connectivity index (χ2n) is 4.25. The Hall–Kier alpha value is -0.0800. The molecule has 1 N–H and O–H groups in total. The SMILES string of the molecule is CNCC(C)CCOCCC(C)C. The molecular weight excluding hydrogens is 162 g/mol. The molecule has 0 aliphatic rings. The quantitative estimate of drug-likeness (QED) is 0.589. The van der Waals surface area contributed by atoms with Gasteiger partial charge in [0.1, 0.15) is 0 Å². The zero-order chi connectivity index (χ0) is 10.1. The van der Waals surface area contributed by atoms with E-state index in [9.17, 15) is 0 Å². The maximum absolute atomic E-state index is 5.53. The fraction of sp³-hybridized carbons (Fsp3) is 1.00. The predicted molar refractivity (Wildman–Crippen MR) is 58.0 cm³/mol. The molecule has 0 aliphatic heterocycles. The molecule has 0 radical (unpaired) electrons. The Bertz CT molecular complexity index is 104. The van der Waals surface area contributed by atoms with E-state index in [0.29, 0.717) is 0 Å². The van der Waals surface area contributed by atoms with Gasteiger partial charge in [0, 0.05) is 13.2 Å². The summed E-state index contributed by atoms with van der Waals surface area (Å²) >= 11 is 0. The van der Waals surface area contributed by atoms with E-state index >= 15 is 0 Å². The zero-order valence-electron chi connectivity index (χ0n) is 9.60. The molecule has 2 nitrogen and oxygen atoms in total. The molecule has 0 saturated heterocycles. The van der Waals surface area contributed by atoms with Crippen molar-refractivity contribution in [2.24, 2.45) is 11.8 Å². The first kappa shape index (κ1) is 12.9. The smallest absolute Gasteiger partial charge is 0.0469 e. The van der Waals surface area contributed by atoms with Crippen LogP contribution in [-0.4, -0.2) is 26.8 Å². The summed E-state index contributed by atoms with van der Waals surface area (Å²) in [7, 11) is 2.00. The van der Waals surface area contributed by atoms with Crippen molar-refractivity contribution in [3.05, 3.63) is 0 Å². The third kappa shape index (κ3) is 9.84. The molecule has 1 unspecified atom stereocenters. The highest BCUT2D eigenvalue weighted by Crippen LogP contribution is 2.02. The van der Waals surface area contributed by atoms with Crippen LogP contribution in [0.4, 0.5) is 0 Å². The van der Waals surface area contributed by atoms with E-state index in [1.807, 2.05) is 7.05 Å². The summed E-state index contributed by atoms with van der Waals surface area (Å²) in [4.78, 5) is 0. The van der Waals surface area contributed by atoms with Gasteiger partial charge in [-0.05, 0) is 38.3 Å². The van der Waals surface area contributed by atoms with Gasteiger partial charge in [0.15, 0.2) is 0 Å². The summed E-state index contributed by atoms with van der Waals surface area (Å²) in [5.74, 6) is 1.48. The lowest BCUT2D eigenvalue weighted by atomic mass is 10.1. The maximum Gasteiger partial charge on any atom is 0.0469 e. The summed E-state index contributed by atoms with van der Waals surface area (Å²) in [5, 5.41) is 3.17. The molecule has 2 heteroatoms. The lowest BCUT2D eigenvalue weighted by Crippen LogP contribution is -2.17. The Morgan fingerprint density at radius 3 is 2.23 bits per heavy atom. The van der Waals surface area contributed by atoms with Crippen LogP contribution in [0.25, 0.3) is 0 Å². The molecule has 0 amide bonds. The highest BCUT2D eigenvalue weighted by molar-refractivity contribution is 4.53. The van der Waals surface area contributed by atoms with Crippen molar-refractivity contribution in [3.63, 3.8) is 0 Å². The van der Waals surface area contributed by atoms with E-state index in [4.69, 9.17) is 4.74 Å². The first-order chi connectivity index (χ1) is 6.16. The lowest BCUT2D eigenvalue weighted by molar-refractivity contribution is 0.112. The largest absolute Gasteiger partial charge is 0.381 e. The first-order valence-corrected chi connectivity index (χ1v) is 5.39. The summed E-state index contributed by atoms with van der Waals surface area (Å²) in [5.41, 5.74) is 0. The number of ether oxygens (including phenoxy) is 1. The van der Waals surface area contributed by atoms with Crippen LogP contribution in [0.1, 0.15) is 33.6 Å². The van der Waals surface area contributed by atoms with E-state index in [0.717, 1.165) is 31.6 Å². The number of rotatable bonds is 8. The molecular formula is C11H25NO. The second-order valence-corrected chi connectivity index (χ2v) is 4.25. The van der Waals surface area contributed by atoms with Crippen LogP contribution in [0.3, 0.4) is 0 Å². The number of hydrogen-bond donors (Lipinski definition) is 1. The third-order valence-corrected chi connectivity index (χ3v) is 2.15. The Kier molecular flexibility index (Phi) is 8.46. The highest BCUT2D eigenvalue weighted by Gasteiger charge is 2.00. The van der Waals surface area contributed by atoms with E-state index in [-0.39, 0.29) is 0 Å². The Morgan fingerprint density at radius 1 is 1.08 bits per heavy atom. The lowest BCUT2D eigenvalue weighted by Gasteiger charge is -2.11. The molecule has 1 atom stereocenters. The van der Waals surface area contributed by atoms with E-state index in [1.165, 1.54) is 12.8 Å². The minimum absolute atomic E-state index is 0.726. The summed E-state index contributed by atoms with van der Waals surface area (Å²) in [6, 6.07) is 0. The fourth-order valence-electron chi connectivity index (χ4n) is 1.16. The molecule has 0 aliphatic carbocycles. The Balaban J connectivity index is 3.06. The van der Waals surface area contributed by atoms with Gasteiger partial charge in [-0.2, -0.15) is 0 Å². The van der Waals surface area contributed by atoms with Crippen LogP contribution in [0, 0.1) is 11.8 Å². The van der Waals surface area contributed by atoms with Crippen LogP contribution in [0.15, 0.2) is 0 Å². The van der Waals surface area contributed by atoms with E-state index < -0.39 is 0 Å². The van der Waals surface area contributed by atoms with Crippen LogP contribution in [0.5, 0.6) is 0 Å². The van der Waals surface area contributed by atoms with Gasteiger partial charge in [0.05, 0.1) is 0 Å². The minimum Gasteiger partial charge on any atom is -0.381 e. The Morgan fingerprint density at radius 2 is 1.69 bits per heavy atom. The van der Waals surface area contributed by atoms with Crippen molar-refractivity contribution in [3.8, 4) is 0 Å². The molecule has 0 spiro atoms. The van der Waals surface area contributed by atoms with E-state index in [1.54, 1.807) is 0 Å². The number of hydrogen-bond acceptors (Lipinski definition) is 2. The predicted octanol–water partition coefficient (Wildman–Crippen LogP) is 2.29. The first-order valence-electron chi connectivity index (χ1n) is 5.39. The van der Waals surface area contributed by atoms with Crippen LogP contribution in [-0.2, 0) is 4.74 Å². The van der Waals surface area contributed by atoms with Crippen molar-refractivity contribution in [1.82, 2.24) is 5.32 Å². The second kappa shape index (κ2) is 8.52. The van der Waals surface area contributed by atoms with Crippen LogP contribution < -0.4 is 5.32 Å². The molecule has 0 aromatic carbocycles. The topological polar surface area (TPSA) is 21.3 Å². The van der Waals surface area contributed by atoms with Gasteiger partial charge in [-0.1, -0.05) is 20.8 Å². The van der Waals surface area contributed by atoms with Gasteiger partial charge >= 0.3 is 0 Å². The molecule has 13 heavy (non-hydrogen) atoms. The van der Waals surface area contributed by atoms with Gasteiger partial charge in [-0.15, -0.1) is 0 Å². The van der Waals surface area contributed by atoms with Crippen molar-refractivity contribution >= 4 is 0 Å². The summed E-state index contributed by atoms with van der Waals surface area (Å²) < 4.78 is 5.53. The summed E-state index contributed by atoms with van der Waals surface area (Å²) in [6.07, 6.45) is 2.35. The van der Waals surface area contributed by atoms with Gasteiger partial charge < -0.3 is 10.1 Å². The molecule has 0 heterocycles. The molecule has 0 aromatic heterocycles. The van der Waals surface area contributed by atoms with E-state index in [2.05, 4.69) is 26.1 Å². The standard InChI is InChI=1S/C11H25NO/c1-10(2)5-7-13-8-6-11(3)9-12-4/h10-12H,5-9H2,1-4H3. The fourth-order valence-corrected chi connectivity index (χ4v) is 1.16. The van der Waals surface area contributed by atoms with Crippen molar-refractivity contribution in [1.29, 1.82) is 0 Å². The van der Waals surface area contributed by atoms with Gasteiger partial charge in [0.2, 0.25) is 0 Å². The molecule has 0 bridgehead atoms. The average Bonchev–Trinajstić information content (AvgIpc) is 2.03. The normalized spacial score (nSPS) is 13.6. The van der Waals surface area contributed by atoms with Gasteiger partial charge in [-0.3, -0.25) is 0 Å². The molecule has 0 aromatic rings. The van der Waals surface area contributed by atoms with Crippen molar-refractivity contribution < 1.29 is 4.74 Å². The summed E-state index contributed by atoms with van der Waals surface area (Å²) in [6.45, 7) is 9.63. The monoisotopic (exact) mass is 187 g/mol. The molecule has 80 valence electrons. The highest BCUT2D eigenvalue weighted by atomic mass is 16.5. The maximum atomic E-state index is 5.53. The molecule has 0 saturated carbocycles. The zero-order valence-corrected chi connectivity index (χ0v) is 9.60. The molecule has 0 rings (SSSR count). The Labute approximate surface area is 83.1 Å². The minimum atomic E-state index is 0.726. The van der Waals surface area contributed by atoms with Crippen LogP contribution in [0.2, 0.25) is 0 Å². The van der Waals surface area contributed by atoms with Gasteiger partial charge in [-0.25, -0.2) is 0 Å². The number of nitrogens with one attached hydrogen (secondary N) is 1. The van der Waals surface area contributed by atoms with Crippen molar-refractivity contribution in [2.45, 2.75) is 33.6 Å². The third-order valence-electron chi connectivity index (χ3n) is 2.15. The average molecular weight is 187 g/mol.